The lowest BCUT2D eigenvalue weighted by Gasteiger charge is -2.21. The Kier molecular flexibility index (Phi) is 8.13. The summed E-state index contributed by atoms with van der Waals surface area (Å²) in [7, 11) is 0. The van der Waals surface area contributed by atoms with Crippen molar-refractivity contribution in [1.29, 1.82) is 0 Å². The SMILES string of the molecule is CC(C)CCC(CO)CC(C)CC(C)C. The van der Waals surface area contributed by atoms with Gasteiger partial charge in [-0.25, -0.2) is 0 Å². The zero-order chi connectivity index (χ0) is 11.8. The zero-order valence-corrected chi connectivity index (χ0v) is 11.3. The van der Waals surface area contributed by atoms with Gasteiger partial charge in [0.15, 0.2) is 0 Å². The van der Waals surface area contributed by atoms with Gasteiger partial charge in [-0.3, -0.25) is 0 Å². The highest BCUT2D eigenvalue weighted by atomic mass is 16.3. The van der Waals surface area contributed by atoms with Crippen LogP contribution in [0.15, 0.2) is 0 Å². The molecule has 0 rings (SSSR count). The van der Waals surface area contributed by atoms with Crippen molar-refractivity contribution in [2.45, 2.75) is 60.3 Å². The lowest BCUT2D eigenvalue weighted by atomic mass is 9.86. The first kappa shape index (κ1) is 15.0. The number of hydrogen-bond acceptors (Lipinski definition) is 1. The van der Waals surface area contributed by atoms with Crippen LogP contribution in [0.1, 0.15) is 60.3 Å². The van der Waals surface area contributed by atoms with Crippen LogP contribution in [0.3, 0.4) is 0 Å². The molecule has 92 valence electrons. The summed E-state index contributed by atoms with van der Waals surface area (Å²) in [6, 6.07) is 0. The maximum absolute atomic E-state index is 9.32. The third-order valence-corrected chi connectivity index (χ3v) is 3.02. The van der Waals surface area contributed by atoms with E-state index in [2.05, 4.69) is 34.6 Å². The predicted molar refractivity (Wildman–Crippen MR) is 67.9 cm³/mol. The van der Waals surface area contributed by atoms with Gasteiger partial charge in [-0.1, -0.05) is 41.0 Å². The normalized spacial score (nSPS) is 16.0. The summed E-state index contributed by atoms with van der Waals surface area (Å²) < 4.78 is 0. The highest BCUT2D eigenvalue weighted by Gasteiger charge is 2.14. The Morgan fingerprint density at radius 2 is 1.40 bits per heavy atom. The van der Waals surface area contributed by atoms with Gasteiger partial charge in [-0.2, -0.15) is 0 Å². The third kappa shape index (κ3) is 8.92. The number of rotatable bonds is 8. The molecule has 0 saturated heterocycles. The van der Waals surface area contributed by atoms with Crippen molar-refractivity contribution in [2.75, 3.05) is 6.61 Å². The number of hydrogen-bond donors (Lipinski definition) is 1. The van der Waals surface area contributed by atoms with Crippen LogP contribution in [-0.2, 0) is 0 Å². The van der Waals surface area contributed by atoms with Crippen LogP contribution < -0.4 is 0 Å². The first-order valence-electron chi connectivity index (χ1n) is 6.56. The minimum Gasteiger partial charge on any atom is -0.396 e. The molecule has 0 heterocycles. The molecule has 15 heavy (non-hydrogen) atoms. The molecule has 0 amide bonds. The van der Waals surface area contributed by atoms with Crippen molar-refractivity contribution in [1.82, 2.24) is 0 Å². The second kappa shape index (κ2) is 8.15. The van der Waals surface area contributed by atoms with E-state index in [-0.39, 0.29) is 0 Å². The van der Waals surface area contributed by atoms with Gasteiger partial charge in [-0.15, -0.1) is 0 Å². The van der Waals surface area contributed by atoms with Crippen molar-refractivity contribution in [3.05, 3.63) is 0 Å². The zero-order valence-electron chi connectivity index (χ0n) is 11.3. The van der Waals surface area contributed by atoms with Crippen molar-refractivity contribution in [3.63, 3.8) is 0 Å². The lowest BCUT2D eigenvalue weighted by Crippen LogP contribution is -2.13. The fourth-order valence-corrected chi connectivity index (χ4v) is 2.32. The molecular formula is C14H30O. The van der Waals surface area contributed by atoms with Crippen molar-refractivity contribution < 1.29 is 5.11 Å². The van der Waals surface area contributed by atoms with Crippen molar-refractivity contribution in [2.24, 2.45) is 23.7 Å². The molecule has 2 atom stereocenters. The summed E-state index contributed by atoms with van der Waals surface area (Å²) in [5.41, 5.74) is 0. The summed E-state index contributed by atoms with van der Waals surface area (Å²) >= 11 is 0. The van der Waals surface area contributed by atoms with E-state index in [0.29, 0.717) is 12.5 Å². The topological polar surface area (TPSA) is 20.2 Å². The Labute approximate surface area is 96.3 Å². The predicted octanol–water partition coefficient (Wildman–Crippen LogP) is 4.10. The minimum absolute atomic E-state index is 0.370. The average molecular weight is 214 g/mol. The van der Waals surface area contributed by atoms with Crippen LogP contribution >= 0.6 is 0 Å². The van der Waals surface area contributed by atoms with Crippen molar-refractivity contribution >= 4 is 0 Å². The molecule has 0 radical (unpaired) electrons. The van der Waals surface area contributed by atoms with E-state index in [1.54, 1.807) is 0 Å². The van der Waals surface area contributed by atoms with E-state index < -0.39 is 0 Å². The Morgan fingerprint density at radius 3 is 1.80 bits per heavy atom. The lowest BCUT2D eigenvalue weighted by molar-refractivity contribution is 0.183. The number of aliphatic hydroxyl groups is 1. The summed E-state index contributed by atoms with van der Waals surface area (Å²) in [5.74, 6) is 2.83. The van der Waals surface area contributed by atoms with Gasteiger partial charge in [0.1, 0.15) is 0 Å². The second-order valence-electron chi connectivity index (χ2n) is 5.99. The molecular weight excluding hydrogens is 184 g/mol. The Hall–Kier alpha value is -0.0400. The molecule has 0 aliphatic carbocycles. The third-order valence-electron chi connectivity index (χ3n) is 3.02. The van der Waals surface area contributed by atoms with E-state index in [4.69, 9.17) is 0 Å². The van der Waals surface area contributed by atoms with Gasteiger partial charge in [-0.05, 0) is 42.9 Å². The van der Waals surface area contributed by atoms with Crippen LogP contribution in [0.25, 0.3) is 0 Å². The molecule has 0 saturated carbocycles. The standard InChI is InChI=1S/C14H30O/c1-11(2)6-7-14(10-15)9-13(5)8-12(3)4/h11-15H,6-10H2,1-5H3. The maximum atomic E-state index is 9.32. The van der Waals surface area contributed by atoms with Crippen LogP contribution in [0.2, 0.25) is 0 Å². The molecule has 2 unspecified atom stereocenters. The minimum atomic E-state index is 0.370. The van der Waals surface area contributed by atoms with E-state index in [1.807, 2.05) is 0 Å². The molecule has 0 aromatic carbocycles. The second-order valence-corrected chi connectivity index (χ2v) is 5.99. The number of aliphatic hydroxyl groups excluding tert-OH is 1. The van der Waals surface area contributed by atoms with Gasteiger partial charge < -0.3 is 5.11 Å². The molecule has 0 fully saturated rings. The first-order chi connectivity index (χ1) is 6.95. The van der Waals surface area contributed by atoms with Gasteiger partial charge >= 0.3 is 0 Å². The summed E-state index contributed by atoms with van der Waals surface area (Å²) in [5, 5.41) is 9.32. The molecule has 1 nitrogen and oxygen atoms in total. The fourth-order valence-electron chi connectivity index (χ4n) is 2.32. The molecule has 0 aromatic rings. The van der Waals surface area contributed by atoms with Gasteiger partial charge in [0.2, 0.25) is 0 Å². The summed E-state index contributed by atoms with van der Waals surface area (Å²) in [6.07, 6.45) is 4.93. The summed E-state index contributed by atoms with van der Waals surface area (Å²) in [6.45, 7) is 11.8. The molecule has 1 heteroatoms. The Morgan fingerprint density at radius 1 is 0.800 bits per heavy atom. The van der Waals surface area contributed by atoms with Crippen LogP contribution in [0, 0.1) is 23.7 Å². The fraction of sp³-hybridized carbons (Fsp3) is 1.00. The van der Waals surface area contributed by atoms with Crippen LogP contribution in [-0.4, -0.2) is 11.7 Å². The van der Waals surface area contributed by atoms with Gasteiger partial charge in [0.25, 0.3) is 0 Å². The van der Waals surface area contributed by atoms with Gasteiger partial charge in [0, 0.05) is 6.61 Å². The average Bonchev–Trinajstić information content (AvgIpc) is 2.10. The Bertz CT molecular complexity index is 140. The van der Waals surface area contributed by atoms with E-state index in [1.165, 1.54) is 25.7 Å². The molecule has 0 aromatic heterocycles. The van der Waals surface area contributed by atoms with E-state index >= 15 is 0 Å². The first-order valence-corrected chi connectivity index (χ1v) is 6.56. The highest BCUT2D eigenvalue weighted by Crippen LogP contribution is 2.23. The van der Waals surface area contributed by atoms with Crippen LogP contribution in [0.4, 0.5) is 0 Å². The van der Waals surface area contributed by atoms with E-state index in [0.717, 1.165) is 17.8 Å². The smallest absolute Gasteiger partial charge is 0.0459 e. The van der Waals surface area contributed by atoms with E-state index in [9.17, 15) is 5.11 Å². The van der Waals surface area contributed by atoms with Gasteiger partial charge in [0.05, 0.1) is 0 Å². The highest BCUT2D eigenvalue weighted by molar-refractivity contribution is 4.65. The van der Waals surface area contributed by atoms with Crippen molar-refractivity contribution in [3.8, 4) is 0 Å². The summed E-state index contributed by atoms with van der Waals surface area (Å²) in [4.78, 5) is 0. The molecule has 0 aliphatic heterocycles. The molecule has 0 aliphatic rings. The Balaban J connectivity index is 3.77. The molecule has 1 N–H and O–H groups in total. The monoisotopic (exact) mass is 214 g/mol. The largest absolute Gasteiger partial charge is 0.396 e. The molecule has 0 bridgehead atoms. The molecule has 0 spiro atoms. The maximum Gasteiger partial charge on any atom is 0.0459 e. The quantitative estimate of drug-likeness (QED) is 0.645. The van der Waals surface area contributed by atoms with Crippen LogP contribution in [0.5, 0.6) is 0 Å².